The third-order valence-electron chi connectivity index (χ3n) is 4.09. The topological polar surface area (TPSA) is 87.6 Å². The highest BCUT2D eigenvalue weighted by molar-refractivity contribution is 5.78. The molecule has 3 rings (SSSR count). The lowest BCUT2D eigenvalue weighted by Crippen LogP contribution is -2.39. The summed E-state index contributed by atoms with van der Waals surface area (Å²) in [6.45, 7) is 0.705. The first kappa shape index (κ1) is 14.4. The van der Waals surface area contributed by atoms with Crippen LogP contribution in [0.15, 0.2) is 16.9 Å². The highest BCUT2D eigenvalue weighted by Gasteiger charge is 2.26. The Labute approximate surface area is 124 Å². The zero-order valence-corrected chi connectivity index (χ0v) is 12.0. The molecule has 2 aromatic rings. The molecule has 1 aromatic carbocycles. The fourth-order valence-corrected chi connectivity index (χ4v) is 2.95. The van der Waals surface area contributed by atoms with Crippen LogP contribution in [0.25, 0.3) is 11.0 Å². The molecule has 8 heteroatoms. The van der Waals surface area contributed by atoms with Crippen molar-refractivity contribution >= 4 is 17.1 Å². The number of aromatic nitrogens is 2. The van der Waals surface area contributed by atoms with Crippen molar-refractivity contribution in [2.24, 2.45) is 0 Å². The van der Waals surface area contributed by atoms with Gasteiger partial charge in [-0.2, -0.15) is 0 Å². The number of fused-ring (bicyclic) bond motifs is 1. The Morgan fingerprint density at radius 2 is 2.09 bits per heavy atom. The summed E-state index contributed by atoms with van der Waals surface area (Å²) in [5.41, 5.74) is 0.193. The number of nitrogens with zero attached hydrogens (tertiary/aromatic N) is 2. The van der Waals surface area contributed by atoms with Crippen LogP contribution in [-0.2, 0) is 0 Å². The average Bonchev–Trinajstić information content (AvgIpc) is 2.84. The largest absolute Gasteiger partial charge is 0.497 e. The zero-order chi connectivity index (χ0) is 15.9. The molecule has 7 nitrogen and oxygen atoms in total. The van der Waals surface area contributed by atoms with Crippen LogP contribution in [0.5, 0.6) is 5.75 Å². The summed E-state index contributed by atoms with van der Waals surface area (Å²) in [4.78, 5) is 27.0. The number of rotatable bonds is 2. The normalized spacial score (nSPS) is 16.2. The number of carbonyl (C=O) groups is 1. The Hall–Kier alpha value is -2.51. The van der Waals surface area contributed by atoms with Gasteiger partial charge in [-0.05, 0) is 12.8 Å². The second-order valence-corrected chi connectivity index (χ2v) is 5.30. The summed E-state index contributed by atoms with van der Waals surface area (Å²) in [5.74, 6) is -0.214. The van der Waals surface area contributed by atoms with Crippen LogP contribution in [0.1, 0.15) is 18.9 Å². The van der Waals surface area contributed by atoms with Gasteiger partial charge in [0.2, 0.25) is 0 Å². The van der Waals surface area contributed by atoms with Gasteiger partial charge in [0, 0.05) is 31.3 Å². The van der Waals surface area contributed by atoms with Crippen LogP contribution in [0.4, 0.5) is 9.18 Å². The molecule has 0 aliphatic carbocycles. The summed E-state index contributed by atoms with van der Waals surface area (Å²) in [6, 6.07) is 2.67. The second-order valence-electron chi connectivity index (χ2n) is 5.30. The molecule has 0 atom stereocenters. The predicted octanol–water partition coefficient (Wildman–Crippen LogP) is 1.79. The number of benzene rings is 1. The lowest BCUT2D eigenvalue weighted by molar-refractivity contribution is 0.125. The van der Waals surface area contributed by atoms with Gasteiger partial charge in [0.15, 0.2) is 5.82 Å². The highest BCUT2D eigenvalue weighted by Crippen LogP contribution is 2.28. The van der Waals surface area contributed by atoms with E-state index in [-0.39, 0.29) is 11.6 Å². The first-order chi connectivity index (χ1) is 10.5. The molecule has 0 spiro atoms. The number of methoxy groups -OCH3 is 1. The van der Waals surface area contributed by atoms with E-state index in [1.165, 1.54) is 22.6 Å². The van der Waals surface area contributed by atoms with E-state index in [1.807, 2.05) is 0 Å². The number of amides is 1. The maximum atomic E-state index is 14.0. The van der Waals surface area contributed by atoms with Gasteiger partial charge >= 0.3 is 11.8 Å². The standard InChI is InChI=1S/C14H16FN3O4/c1-22-9-6-10(15)12-11(7-9)18(13(19)16-12)8-2-4-17(5-3-8)14(20)21/h6-8H,2-5H2,1H3,(H,16,19)(H,20,21). The van der Waals surface area contributed by atoms with Crippen LogP contribution >= 0.6 is 0 Å². The summed E-state index contributed by atoms with van der Waals surface area (Å²) in [6.07, 6.45) is 0.0631. The number of hydrogen-bond donors (Lipinski definition) is 2. The van der Waals surface area contributed by atoms with Crippen molar-refractivity contribution in [3.63, 3.8) is 0 Å². The lowest BCUT2D eigenvalue weighted by Gasteiger charge is -2.30. The van der Waals surface area contributed by atoms with Crippen molar-refractivity contribution < 1.29 is 19.0 Å². The number of aromatic amines is 1. The average molecular weight is 309 g/mol. The SMILES string of the molecule is COc1cc(F)c2[nH]c(=O)n(C3CCN(C(=O)O)CC3)c2c1. The summed E-state index contributed by atoms with van der Waals surface area (Å²) < 4.78 is 20.6. The van der Waals surface area contributed by atoms with Crippen LogP contribution in [0, 0.1) is 5.82 Å². The Morgan fingerprint density at radius 3 is 2.68 bits per heavy atom. The van der Waals surface area contributed by atoms with Crippen molar-refractivity contribution in [1.82, 2.24) is 14.5 Å². The first-order valence-electron chi connectivity index (χ1n) is 6.97. The molecule has 1 saturated heterocycles. The third-order valence-corrected chi connectivity index (χ3v) is 4.09. The van der Waals surface area contributed by atoms with E-state index in [4.69, 9.17) is 9.84 Å². The molecule has 1 fully saturated rings. The number of halogens is 1. The Morgan fingerprint density at radius 1 is 1.41 bits per heavy atom. The minimum absolute atomic E-state index is 0.145. The maximum absolute atomic E-state index is 14.0. The molecule has 2 N–H and O–H groups in total. The van der Waals surface area contributed by atoms with E-state index in [1.54, 1.807) is 6.07 Å². The van der Waals surface area contributed by atoms with E-state index < -0.39 is 17.6 Å². The minimum atomic E-state index is -0.961. The summed E-state index contributed by atoms with van der Waals surface area (Å²) in [7, 11) is 1.43. The van der Waals surface area contributed by atoms with Crippen LogP contribution in [-0.4, -0.2) is 45.9 Å². The fraction of sp³-hybridized carbons (Fsp3) is 0.429. The van der Waals surface area contributed by atoms with Gasteiger partial charge in [-0.3, -0.25) is 4.57 Å². The molecule has 1 aliphatic rings. The molecule has 0 bridgehead atoms. The van der Waals surface area contributed by atoms with Crippen molar-refractivity contribution in [1.29, 1.82) is 0 Å². The van der Waals surface area contributed by atoms with Gasteiger partial charge in [-0.15, -0.1) is 0 Å². The molecular formula is C14H16FN3O4. The number of imidazole rings is 1. The number of piperidine rings is 1. The minimum Gasteiger partial charge on any atom is -0.497 e. The second kappa shape index (κ2) is 5.36. The Kier molecular flexibility index (Phi) is 3.51. The molecule has 1 aromatic heterocycles. The van der Waals surface area contributed by atoms with Crippen molar-refractivity contribution in [2.75, 3.05) is 20.2 Å². The van der Waals surface area contributed by atoms with E-state index in [0.29, 0.717) is 37.2 Å². The van der Waals surface area contributed by atoms with Gasteiger partial charge < -0.3 is 19.7 Å². The van der Waals surface area contributed by atoms with Crippen LogP contribution in [0.2, 0.25) is 0 Å². The van der Waals surface area contributed by atoms with Gasteiger partial charge in [-0.25, -0.2) is 14.0 Å². The Bertz CT molecular complexity index is 774. The van der Waals surface area contributed by atoms with E-state index in [9.17, 15) is 14.0 Å². The lowest BCUT2D eigenvalue weighted by atomic mass is 10.0. The van der Waals surface area contributed by atoms with E-state index in [2.05, 4.69) is 4.98 Å². The highest BCUT2D eigenvalue weighted by atomic mass is 19.1. The first-order valence-corrected chi connectivity index (χ1v) is 6.97. The molecule has 0 unspecified atom stereocenters. The zero-order valence-electron chi connectivity index (χ0n) is 12.0. The van der Waals surface area contributed by atoms with Gasteiger partial charge in [0.05, 0.1) is 12.6 Å². The molecule has 0 radical (unpaired) electrons. The van der Waals surface area contributed by atoms with Gasteiger partial charge in [0.25, 0.3) is 0 Å². The fourth-order valence-electron chi connectivity index (χ4n) is 2.95. The molecule has 22 heavy (non-hydrogen) atoms. The van der Waals surface area contributed by atoms with Gasteiger partial charge in [0.1, 0.15) is 11.3 Å². The van der Waals surface area contributed by atoms with E-state index in [0.717, 1.165) is 0 Å². The number of H-pyrrole nitrogens is 1. The van der Waals surface area contributed by atoms with Gasteiger partial charge in [-0.1, -0.05) is 0 Å². The van der Waals surface area contributed by atoms with Crippen molar-refractivity contribution in [2.45, 2.75) is 18.9 Å². The summed E-state index contributed by atoms with van der Waals surface area (Å²) >= 11 is 0. The maximum Gasteiger partial charge on any atom is 0.407 e. The molecule has 1 amide bonds. The number of ether oxygens (including phenoxy) is 1. The Balaban J connectivity index is 2.01. The number of hydrogen-bond acceptors (Lipinski definition) is 3. The van der Waals surface area contributed by atoms with Crippen molar-refractivity contribution in [3.8, 4) is 5.75 Å². The van der Waals surface area contributed by atoms with Crippen molar-refractivity contribution in [3.05, 3.63) is 28.4 Å². The molecule has 2 heterocycles. The van der Waals surface area contributed by atoms with Crippen LogP contribution < -0.4 is 10.4 Å². The number of likely N-dealkylation sites (tertiary alicyclic amines) is 1. The third kappa shape index (κ3) is 2.30. The number of nitrogens with one attached hydrogen (secondary N) is 1. The quantitative estimate of drug-likeness (QED) is 0.885. The molecule has 1 aliphatic heterocycles. The predicted molar refractivity (Wildman–Crippen MR) is 76.9 cm³/mol. The molecule has 118 valence electrons. The van der Waals surface area contributed by atoms with E-state index >= 15 is 0 Å². The monoisotopic (exact) mass is 309 g/mol. The molecular weight excluding hydrogens is 293 g/mol. The molecule has 0 saturated carbocycles. The smallest absolute Gasteiger partial charge is 0.407 e. The summed E-state index contributed by atoms with van der Waals surface area (Å²) in [5, 5.41) is 8.97. The van der Waals surface area contributed by atoms with Crippen LogP contribution in [0.3, 0.4) is 0 Å². The number of carboxylic acid groups (broad SMARTS) is 1.